The lowest BCUT2D eigenvalue weighted by atomic mass is 10.1. The SMILES string of the molecule is Cc1cccc(C=CC(=O)c2cccc(Cl)c2)c1. The molecule has 0 N–H and O–H groups in total. The Hall–Kier alpha value is -1.86. The number of rotatable bonds is 3. The quantitative estimate of drug-likeness (QED) is 0.582. The molecule has 0 aliphatic heterocycles. The monoisotopic (exact) mass is 256 g/mol. The van der Waals surface area contributed by atoms with Gasteiger partial charge in [-0.05, 0) is 30.7 Å². The lowest BCUT2D eigenvalue weighted by Crippen LogP contribution is -1.93. The number of allylic oxidation sites excluding steroid dienone is 1. The van der Waals surface area contributed by atoms with Crippen molar-refractivity contribution in [2.24, 2.45) is 0 Å². The predicted molar refractivity (Wildman–Crippen MR) is 76.0 cm³/mol. The molecule has 0 atom stereocenters. The number of halogens is 1. The van der Waals surface area contributed by atoms with Crippen LogP contribution in [0.25, 0.3) is 6.08 Å². The predicted octanol–water partition coefficient (Wildman–Crippen LogP) is 4.54. The van der Waals surface area contributed by atoms with E-state index in [2.05, 4.69) is 0 Å². The van der Waals surface area contributed by atoms with Gasteiger partial charge in [-0.2, -0.15) is 0 Å². The van der Waals surface area contributed by atoms with Gasteiger partial charge in [0.05, 0.1) is 0 Å². The van der Waals surface area contributed by atoms with Gasteiger partial charge >= 0.3 is 0 Å². The third kappa shape index (κ3) is 3.31. The molecular formula is C16H13ClO. The highest BCUT2D eigenvalue weighted by molar-refractivity contribution is 6.31. The van der Waals surface area contributed by atoms with Crippen molar-refractivity contribution in [1.29, 1.82) is 0 Å². The molecule has 0 aromatic heterocycles. The molecule has 0 heterocycles. The van der Waals surface area contributed by atoms with Crippen molar-refractivity contribution in [2.75, 3.05) is 0 Å². The summed E-state index contributed by atoms with van der Waals surface area (Å²) in [5.41, 5.74) is 2.80. The van der Waals surface area contributed by atoms with E-state index >= 15 is 0 Å². The fraction of sp³-hybridized carbons (Fsp3) is 0.0625. The standard InChI is InChI=1S/C16H13ClO/c1-12-4-2-5-13(10-12)8-9-16(18)14-6-3-7-15(17)11-14/h2-11H,1H3. The van der Waals surface area contributed by atoms with Gasteiger partial charge in [-0.15, -0.1) is 0 Å². The molecule has 0 saturated heterocycles. The Morgan fingerprint density at radius 1 is 1.11 bits per heavy atom. The minimum atomic E-state index is -0.0426. The normalized spacial score (nSPS) is 10.8. The lowest BCUT2D eigenvalue weighted by molar-refractivity contribution is 0.104. The van der Waals surface area contributed by atoms with Crippen LogP contribution >= 0.6 is 11.6 Å². The van der Waals surface area contributed by atoms with E-state index in [4.69, 9.17) is 11.6 Å². The van der Waals surface area contributed by atoms with E-state index in [1.54, 1.807) is 30.3 Å². The molecule has 2 heteroatoms. The van der Waals surface area contributed by atoms with E-state index in [1.807, 2.05) is 37.3 Å². The first-order valence-corrected chi connectivity index (χ1v) is 6.07. The highest BCUT2D eigenvalue weighted by Gasteiger charge is 2.01. The van der Waals surface area contributed by atoms with Crippen molar-refractivity contribution in [1.82, 2.24) is 0 Å². The molecule has 0 bridgehead atoms. The third-order valence-electron chi connectivity index (χ3n) is 2.58. The van der Waals surface area contributed by atoms with Crippen LogP contribution in [0.3, 0.4) is 0 Å². The van der Waals surface area contributed by atoms with Crippen LogP contribution in [0.1, 0.15) is 21.5 Å². The minimum absolute atomic E-state index is 0.0426. The number of ketones is 1. The Balaban J connectivity index is 2.17. The molecule has 0 spiro atoms. The second-order valence-electron chi connectivity index (χ2n) is 4.12. The number of hydrogen-bond acceptors (Lipinski definition) is 1. The number of aryl methyl sites for hydroxylation is 1. The Morgan fingerprint density at radius 3 is 2.61 bits per heavy atom. The van der Waals surface area contributed by atoms with Gasteiger partial charge in [0.1, 0.15) is 0 Å². The van der Waals surface area contributed by atoms with E-state index in [-0.39, 0.29) is 5.78 Å². The van der Waals surface area contributed by atoms with Gasteiger partial charge in [-0.25, -0.2) is 0 Å². The van der Waals surface area contributed by atoms with Crippen molar-refractivity contribution >= 4 is 23.5 Å². The Bertz CT molecular complexity index is 600. The molecule has 0 unspecified atom stereocenters. The zero-order chi connectivity index (χ0) is 13.0. The molecule has 2 rings (SSSR count). The van der Waals surface area contributed by atoms with Crippen LogP contribution in [0.4, 0.5) is 0 Å². The third-order valence-corrected chi connectivity index (χ3v) is 2.81. The van der Waals surface area contributed by atoms with Gasteiger partial charge in [0.15, 0.2) is 5.78 Å². The summed E-state index contributed by atoms with van der Waals surface area (Å²) in [5, 5.41) is 0.574. The summed E-state index contributed by atoms with van der Waals surface area (Å²) in [6.45, 7) is 2.02. The van der Waals surface area contributed by atoms with Crippen molar-refractivity contribution < 1.29 is 4.79 Å². The molecule has 0 aliphatic carbocycles. The van der Waals surface area contributed by atoms with Crippen LogP contribution in [0.15, 0.2) is 54.6 Å². The van der Waals surface area contributed by atoms with Crippen molar-refractivity contribution in [3.8, 4) is 0 Å². The summed E-state index contributed by atoms with van der Waals surface area (Å²) in [5.74, 6) is -0.0426. The van der Waals surface area contributed by atoms with Gasteiger partial charge in [-0.3, -0.25) is 4.79 Å². The van der Waals surface area contributed by atoms with Crippen LogP contribution in [-0.2, 0) is 0 Å². The fourth-order valence-electron chi connectivity index (χ4n) is 1.68. The topological polar surface area (TPSA) is 17.1 Å². The number of benzene rings is 2. The van der Waals surface area contributed by atoms with Crippen LogP contribution < -0.4 is 0 Å². The molecule has 2 aromatic carbocycles. The van der Waals surface area contributed by atoms with Gasteiger partial charge < -0.3 is 0 Å². The van der Waals surface area contributed by atoms with E-state index in [0.717, 1.165) is 5.56 Å². The summed E-state index contributed by atoms with van der Waals surface area (Å²) >= 11 is 5.85. The second-order valence-corrected chi connectivity index (χ2v) is 4.56. The maximum atomic E-state index is 11.9. The zero-order valence-corrected chi connectivity index (χ0v) is 10.8. The average molecular weight is 257 g/mol. The van der Waals surface area contributed by atoms with Crippen LogP contribution in [-0.4, -0.2) is 5.78 Å². The molecule has 0 aliphatic rings. The Kier molecular flexibility index (Phi) is 3.96. The highest BCUT2D eigenvalue weighted by atomic mass is 35.5. The smallest absolute Gasteiger partial charge is 0.185 e. The number of hydrogen-bond donors (Lipinski definition) is 0. The first-order valence-electron chi connectivity index (χ1n) is 5.70. The average Bonchev–Trinajstić information content (AvgIpc) is 2.36. The van der Waals surface area contributed by atoms with Gasteiger partial charge in [0.25, 0.3) is 0 Å². The first-order chi connectivity index (χ1) is 8.65. The zero-order valence-electron chi connectivity index (χ0n) is 10.1. The van der Waals surface area contributed by atoms with E-state index in [9.17, 15) is 4.79 Å². The molecule has 0 radical (unpaired) electrons. The van der Waals surface area contributed by atoms with Crippen LogP contribution in [0.5, 0.6) is 0 Å². The number of carbonyl (C=O) groups excluding carboxylic acids is 1. The van der Waals surface area contributed by atoms with E-state index in [0.29, 0.717) is 10.6 Å². The van der Waals surface area contributed by atoms with Crippen molar-refractivity contribution in [2.45, 2.75) is 6.92 Å². The Morgan fingerprint density at radius 2 is 1.89 bits per heavy atom. The maximum Gasteiger partial charge on any atom is 0.185 e. The van der Waals surface area contributed by atoms with E-state index < -0.39 is 0 Å². The molecule has 90 valence electrons. The maximum absolute atomic E-state index is 11.9. The molecule has 18 heavy (non-hydrogen) atoms. The molecule has 0 fully saturated rings. The lowest BCUT2D eigenvalue weighted by Gasteiger charge is -1.97. The summed E-state index contributed by atoms with van der Waals surface area (Å²) in [7, 11) is 0. The number of carbonyl (C=O) groups is 1. The van der Waals surface area contributed by atoms with Crippen molar-refractivity contribution in [3.63, 3.8) is 0 Å². The van der Waals surface area contributed by atoms with Gasteiger partial charge in [-0.1, -0.05) is 59.6 Å². The molecule has 0 amide bonds. The summed E-state index contributed by atoms with van der Waals surface area (Å²) in [6.07, 6.45) is 3.39. The summed E-state index contributed by atoms with van der Waals surface area (Å²) in [6, 6.07) is 14.9. The molecule has 2 aromatic rings. The second kappa shape index (κ2) is 5.65. The first kappa shape index (κ1) is 12.6. The summed E-state index contributed by atoms with van der Waals surface area (Å²) in [4.78, 5) is 11.9. The van der Waals surface area contributed by atoms with Crippen LogP contribution in [0.2, 0.25) is 5.02 Å². The summed E-state index contributed by atoms with van der Waals surface area (Å²) < 4.78 is 0. The minimum Gasteiger partial charge on any atom is -0.289 e. The van der Waals surface area contributed by atoms with Crippen molar-refractivity contribution in [3.05, 3.63) is 76.3 Å². The Labute approximate surface area is 112 Å². The fourth-order valence-corrected chi connectivity index (χ4v) is 1.87. The molecule has 0 saturated carbocycles. The molecular weight excluding hydrogens is 244 g/mol. The largest absolute Gasteiger partial charge is 0.289 e. The van der Waals surface area contributed by atoms with Gasteiger partial charge in [0, 0.05) is 10.6 Å². The molecule has 1 nitrogen and oxygen atoms in total. The van der Waals surface area contributed by atoms with Gasteiger partial charge in [0.2, 0.25) is 0 Å². The van der Waals surface area contributed by atoms with E-state index in [1.165, 1.54) is 5.56 Å². The van der Waals surface area contributed by atoms with Crippen LogP contribution in [0, 0.1) is 6.92 Å². The highest BCUT2D eigenvalue weighted by Crippen LogP contribution is 2.12.